The summed E-state index contributed by atoms with van der Waals surface area (Å²) in [6.07, 6.45) is 1.61. The summed E-state index contributed by atoms with van der Waals surface area (Å²) in [6, 6.07) is -1.13. The Morgan fingerprint density at radius 3 is 2.32 bits per heavy atom. The SMILES string of the molecule is C=C1[C@@H](N2C=CC(N)NC2=O)C[C@H](OC(=O)C(C)(C)C)[C@@]1(CF)COC(=O)C(C)(C)C. The van der Waals surface area contributed by atoms with Gasteiger partial charge in [-0.3, -0.25) is 14.5 Å². The molecule has 0 spiro atoms. The van der Waals surface area contributed by atoms with Crippen LogP contribution in [0.15, 0.2) is 24.4 Å². The first-order chi connectivity index (χ1) is 14.1. The van der Waals surface area contributed by atoms with E-state index in [1.807, 2.05) is 0 Å². The van der Waals surface area contributed by atoms with Gasteiger partial charge in [0, 0.05) is 12.6 Å². The molecule has 174 valence electrons. The van der Waals surface area contributed by atoms with E-state index in [1.54, 1.807) is 47.6 Å². The van der Waals surface area contributed by atoms with Gasteiger partial charge in [-0.25, -0.2) is 9.18 Å². The summed E-state index contributed by atoms with van der Waals surface area (Å²) >= 11 is 0. The number of nitrogens with two attached hydrogens (primary N) is 1. The molecule has 1 fully saturated rings. The highest BCUT2D eigenvalue weighted by atomic mass is 19.1. The van der Waals surface area contributed by atoms with Crippen LogP contribution >= 0.6 is 0 Å². The molecule has 3 N–H and O–H groups in total. The maximum Gasteiger partial charge on any atom is 0.323 e. The normalized spacial score (nSPS) is 29.0. The van der Waals surface area contributed by atoms with E-state index in [1.165, 1.54) is 11.1 Å². The molecule has 4 atom stereocenters. The Labute approximate surface area is 183 Å². The van der Waals surface area contributed by atoms with Gasteiger partial charge < -0.3 is 20.5 Å². The van der Waals surface area contributed by atoms with Crippen LogP contribution in [0.5, 0.6) is 0 Å². The molecule has 1 heterocycles. The summed E-state index contributed by atoms with van der Waals surface area (Å²) in [5, 5.41) is 2.57. The van der Waals surface area contributed by atoms with Gasteiger partial charge in [-0.05, 0) is 53.2 Å². The van der Waals surface area contributed by atoms with E-state index >= 15 is 0 Å². The minimum absolute atomic E-state index is 0.116. The van der Waals surface area contributed by atoms with Crippen molar-refractivity contribution in [3.05, 3.63) is 24.4 Å². The van der Waals surface area contributed by atoms with Crippen LogP contribution in [0.3, 0.4) is 0 Å². The van der Waals surface area contributed by atoms with Crippen molar-refractivity contribution >= 4 is 18.0 Å². The molecular weight excluding hydrogens is 405 g/mol. The Balaban J connectivity index is 2.39. The van der Waals surface area contributed by atoms with E-state index < -0.39 is 59.2 Å². The highest BCUT2D eigenvalue weighted by molar-refractivity contribution is 5.79. The third kappa shape index (κ3) is 5.08. The van der Waals surface area contributed by atoms with E-state index in [0.29, 0.717) is 5.57 Å². The molecule has 8 nitrogen and oxygen atoms in total. The number of alkyl halides is 1. The van der Waals surface area contributed by atoms with Crippen LogP contribution in [0.25, 0.3) is 0 Å². The second-order valence-corrected chi connectivity index (χ2v) is 10.3. The fourth-order valence-corrected chi connectivity index (χ4v) is 3.43. The van der Waals surface area contributed by atoms with E-state index in [2.05, 4.69) is 11.9 Å². The third-order valence-corrected chi connectivity index (χ3v) is 5.58. The number of ether oxygens (including phenoxy) is 2. The van der Waals surface area contributed by atoms with E-state index in [-0.39, 0.29) is 13.0 Å². The number of hydrogen-bond acceptors (Lipinski definition) is 6. The standard InChI is InChI=1S/C22H34FN3O5/c1-13-14(26-9-8-16(24)25-19(26)29)10-15(31-18(28)21(5,6)7)22(13,11-23)12-30-17(27)20(2,3)4/h8-9,14-16H,1,10-12,24H2,2-7H3,(H,25,29)/t14-,15-,16?,22-/m0/s1. The quantitative estimate of drug-likeness (QED) is 0.503. The summed E-state index contributed by atoms with van der Waals surface area (Å²) in [6.45, 7) is 12.8. The molecule has 2 rings (SSSR count). The van der Waals surface area contributed by atoms with Gasteiger partial charge in [0.05, 0.1) is 28.5 Å². The Hall–Kier alpha value is -2.42. The molecule has 0 aromatic heterocycles. The molecule has 2 amide bonds. The molecule has 1 aliphatic heterocycles. The van der Waals surface area contributed by atoms with Crippen molar-refractivity contribution in [1.29, 1.82) is 0 Å². The smallest absolute Gasteiger partial charge is 0.323 e. The second-order valence-electron chi connectivity index (χ2n) is 10.3. The van der Waals surface area contributed by atoms with Crippen molar-refractivity contribution in [3.63, 3.8) is 0 Å². The van der Waals surface area contributed by atoms with E-state index in [0.717, 1.165) is 0 Å². The highest BCUT2D eigenvalue weighted by Gasteiger charge is 2.56. The Morgan fingerprint density at radius 1 is 1.26 bits per heavy atom. The van der Waals surface area contributed by atoms with E-state index in [4.69, 9.17) is 15.2 Å². The number of esters is 2. The third-order valence-electron chi connectivity index (χ3n) is 5.58. The molecule has 9 heteroatoms. The molecule has 1 unspecified atom stereocenters. The maximum atomic E-state index is 14.6. The number of nitrogens with one attached hydrogen (secondary N) is 1. The molecule has 0 bridgehead atoms. The summed E-state index contributed by atoms with van der Waals surface area (Å²) < 4.78 is 25.8. The summed E-state index contributed by atoms with van der Waals surface area (Å²) in [5.74, 6) is -1.04. The number of nitrogens with zero attached hydrogens (tertiary/aromatic N) is 1. The number of carbonyl (C=O) groups is 3. The fraction of sp³-hybridized carbons (Fsp3) is 0.682. The predicted octanol–water partition coefficient (Wildman–Crippen LogP) is 2.64. The number of urea groups is 1. The van der Waals surface area contributed by atoms with Gasteiger partial charge in [0.25, 0.3) is 0 Å². The molecule has 2 aliphatic rings. The largest absolute Gasteiger partial charge is 0.464 e. The average Bonchev–Trinajstić information content (AvgIpc) is 2.90. The van der Waals surface area contributed by atoms with Crippen LogP contribution < -0.4 is 11.1 Å². The van der Waals surface area contributed by atoms with Crippen LogP contribution in [0.2, 0.25) is 0 Å². The first kappa shape index (κ1) is 24.8. The Bertz CT molecular complexity index is 783. The first-order valence-electron chi connectivity index (χ1n) is 10.3. The van der Waals surface area contributed by atoms with Gasteiger partial charge >= 0.3 is 18.0 Å². The highest BCUT2D eigenvalue weighted by Crippen LogP contribution is 2.48. The lowest BCUT2D eigenvalue weighted by atomic mass is 9.82. The van der Waals surface area contributed by atoms with Crippen molar-refractivity contribution in [2.24, 2.45) is 22.0 Å². The van der Waals surface area contributed by atoms with Crippen LogP contribution in [0, 0.1) is 16.2 Å². The number of halogens is 1. The fourth-order valence-electron chi connectivity index (χ4n) is 3.43. The zero-order valence-electron chi connectivity index (χ0n) is 19.2. The minimum atomic E-state index is -1.47. The van der Waals surface area contributed by atoms with Crippen LogP contribution in [0.1, 0.15) is 48.0 Å². The number of amides is 2. The molecule has 0 aromatic carbocycles. The molecule has 0 radical (unpaired) electrons. The summed E-state index contributed by atoms with van der Waals surface area (Å²) in [5.41, 5.74) is 2.94. The molecular formula is C22H34FN3O5. The van der Waals surface area contributed by atoms with Crippen LogP contribution in [0.4, 0.5) is 9.18 Å². The van der Waals surface area contributed by atoms with Crippen molar-refractivity contribution in [2.75, 3.05) is 13.3 Å². The monoisotopic (exact) mass is 439 g/mol. The van der Waals surface area contributed by atoms with Gasteiger partial charge in [0.2, 0.25) is 0 Å². The summed E-state index contributed by atoms with van der Waals surface area (Å²) in [7, 11) is 0. The Morgan fingerprint density at radius 2 is 1.84 bits per heavy atom. The van der Waals surface area contributed by atoms with Crippen LogP contribution in [-0.4, -0.2) is 54.5 Å². The predicted molar refractivity (Wildman–Crippen MR) is 113 cm³/mol. The maximum absolute atomic E-state index is 14.6. The van der Waals surface area contributed by atoms with Crippen molar-refractivity contribution in [3.8, 4) is 0 Å². The minimum Gasteiger partial charge on any atom is -0.464 e. The molecule has 31 heavy (non-hydrogen) atoms. The van der Waals surface area contributed by atoms with Crippen molar-refractivity contribution < 1.29 is 28.2 Å². The molecule has 0 saturated heterocycles. The second kappa shape index (κ2) is 8.61. The van der Waals surface area contributed by atoms with Gasteiger partial charge in [-0.15, -0.1) is 0 Å². The van der Waals surface area contributed by atoms with E-state index in [9.17, 15) is 18.8 Å². The van der Waals surface area contributed by atoms with Crippen molar-refractivity contribution in [2.45, 2.75) is 66.3 Å². The lowest BCUT2D eigenvalue weighted by Gasteiger charge is -2.36. The van der Waals surface area contributed by atoms with Gasteiger partial charge in [0.15, 0.2) is 0 Å². The molecule has 1 saturated carbocycles. The first-order valence-corrected chi connectivity index (χ1v) is 10.3. The molecule has 1 aliphatic carbocycles. The summed E-state index contributed by atoms with van der Waals surface area (Å²) in [4.78, 5) is 38.8. The Kier molecular flexibility index (Phi) is 6.90. The number of hydrogen-bond donors (Lipinski definition) is 2. The zero-order valence-corrected chi connectivity index (χ0v) is 19.2. The van der Waals surface area contributed by atoms with Gasteiger partial charge in [-0.2, -0.15) is 0 Å². The topological polar surface area (TPSA) is 111 Å². The van der Waals surface area contributed by atoms with Crippen LogP contribution in [-0.2, 0) is 19.1 Å². The average molecular weight is 440 g/mol. The lowest BCUT2D eigenvalue weighted by molar-refractivity contribution is -0.170. The lowest BCUT2D eigenvalue weighted by Crippen LogP contribution is -2.52. The zero-order chi connectivity index (χ0) is 23.8. The van der Waals surface area contributed by atoms with Gasteiger partial charge in [-0.1, -0.05) is 6.58 Å². The molecule has 0 aromatic rings. The van der Waals surface area contributed by atoms with Crippen molar-refractivity contribution in [1.82, 2.24) is 10.2 Å². The number of rotatable bonds is 5. The number of carbonyl (C=O) groups excluding carboxylic acids is 3. The van der Waals surface area contributed by atoms with Gasteiger partial charge in [0.1, 0.15) is 19.4 Å².